The van der Waals surface area contributed by atoms with Crippen LogP contribution in [0.15, 0.2) is 47.5 Å². The number of hydrogen-bond acceptors (Lipinski definition) is 4. The number of methoxy groups -OCH3 is 1. The Morgan fingerprint density at radius 1 is 1.11 bits per heavy atom. The van der Waals surface area contributed by atoms with Crippen LogP contribution in [0.1, 0.15) is 18.1 Å². The number of para-hydroxylation sites is 1. The zero-order valence-corrected chi connectivity index (χ0v) is 16.3. The number of hydrogen-bond donors (Lipinski definition) is 3. The summed E-state index contributed by atoms with van der Waals surface area (Å²) >= 11 is 0. The molecule has 0 aliphatic rings. The molecule has 0 heterocycles. The highest BCUT2D eigenvalue weighted by Gasteiger charge is 2.06. The van der Waals surface area contributed by atoms with Crippen molar-refractivity contribution in [2.75, 3.05) is 33.4 Å². The quantitative estimate of drug-likeness (QED) is 0.359. The van der Waals surface area contributed by atoms with E-state index >= 15 is 0 Å². The van der Waals surface area contributed by atoms with Gasteiger partial charge in [0.1, 0.15) is 12.4 Å². The van der Waals surface area contributed by atoms with Crippen molar-refractivity contribution in [2.45, 2.75) is 20.3 Å². The number of phenols is 1. The lowest BCUT2D eigenvalue weighted by molar-refractivity contribution is 0.322. The lowest BCUT2D eigenvalue weighted by atomic mass is 10.1. The first-order valence-corrected chi connectivity index (χ1v) is 9.20. The van der Waals surface area contributed by atoms with E-state index in [2.05, 4.69) is 22.5 Å². The fourth-order valence-electron chi connectivity index (χ4n) is 2.54. The number of aryl methyl sites for hydroxylation is 1. The predicted octanol–water partition coefficient (Wildman–Crippen LogP) is 2.89. The summed E-state index contributed by atoms with van der Waals surface area (Å²) in [6, 6.07) is 13.5. The molecule has 27 heavy (non-hydrogen) atoms. The number of phenolic OH excluding ortho intramolecular Hbond substituents is 1. The van der Waals surface area contributed by atoms with Crippen LogP contribution < -0.4 is 20.1 Å². The maximum absolute atomic E-state index is 10.1. The van der Waals surface area contributed by atoms with Gasteiger partial charge in [-0.25, -0.2) is 0 Å². The van der Waals surface area contributed by atoms with Crippen molar-refractivity contribution in [3.05, 3.63) is 53.6 Å². The largest absolute Gasteiger partial charge is 0.504 e. The van der Waals surface area contributed by atoms with Gasteiger partial charge in [0.2, 0.25) is 0 Å². The van der Waals surface area contributed by atoms with Crippen LogP contribution in [0.3, 0.4) is 0 Å². The van der Waals surface area contributed by atoms with Crippen LogP contribution in [0.4, 0.5) is 0 Å². The van der Waals surface area contributed by atoms with Gasteiger partial charge in [0.15, 0.2) is 17.5 Å². The minimum Gasteiger partial charge on any atom is -0.504 e. The molecule has 0 spiro atoms. The molecule has 0 aliphatic carbocycles. The van der Waals surface area contributed by atoms with Crippen LogP contribution in [0, 0.1) is 6.92 Å². The van der Waals surface area contributed by atoms with Crippen LogP contribution in [0.5, 0.6) is 17.2 Å². The summed E-state index contributed by atoms with van der Waals surface area (Å²) in [5.41, 5.74) is 2.03. The third-order valence-electron chi connectivity index (χ3n) is 3.98. The number of guanidine groups is 1. The third kappa shape index (κ3) is 6.73. The molecule has 2 aromatic rings. The van der Waals surface area contributed by atoms with Crippen molar-refractivity contribution in [1.82, 2.24) is 10.6 Å². The lowest BCUT2D eigenvalue weighted by Gasteiger charge is -2.12. The second kappa shape index (κ2) is 11.0. The zero-order chi connectivity index (χ0) is 19.5. The van der Waals surface area contributed by atoms with Crippen molar-refractivity contribution >= 4 is 5.96 Å². The van der Waals surface area contributed by atoms with E-state index in [9.17, 15) is 5.11 Å². The molecular formula is C21H29N3O3. The van der Waals surface area contributed by atoms with Gasteiger partial charge in [-0.1, -0.05) is 29.8 Å². The van der Waals surface area contributed by atoms with Gasteiger partial charge in [0.25, 0.3) is 0 Å². The molecule has 0 bridgehead atoms. The van der Waals surface area contributed by atoms with Gasteiger partial charge in [0, 0.05) is 13.1 Å². The molecule has 0 atom stereocenters. The van der Waals surface area contributed by atoms with Gasteiger partial charge in [-0.15, -0.1) is 0 Å². The molecule has 0 aromatic heterocycles. The molecule has 6 nitrogen and oxygen atoms in total. The van der Waals surface area contributed by atoms with E-state index in [1.54, 1.807) is 13.2 Å². The van der Waals surface area contributed by atoms with Crippen LogP contribution >= 0.6 is 0 Å². The first-order chi connectivity index (χ1) is 13.1. The Labute approximate surface area is 161 Å². The van der Waals surface area contributed by atoms with E-state index in [0.717, 1.165) is 23.8 Å². The number of aliphatic imine (C=N–C) groups is 1. The first-order valence-electron chi connectivity index (χ1n) is 9.20. The molecule has 6 heteroatoms. The molecule has 0 radical (unpaired) electrons. The second-order valence-corrected chi connectivity index (χ2v) is 6.07. The maximum Gasteiger partial charge on any atom is 0.191 e. The van der Waals surface area contributed by atoms with E-state index in [-0.39, 0.29) is 5.75 Å². The minimum absolute atomic E-state index is 0.180. The molecule has 0 saturated heterocycles. The molecule has 146 valence electrons. The predicted molar refractivity (Wildman–Crippen MR) is 109 cm³/mol. The first kappa shape index (κ1) is 20.4. The van der Waals surface area contributed by atoms with Crippen LogP contribution in [-0.4, -0.2) is 44.4 Å². The summed E-state index contributed by atoms with van der Waals surface area (Å²) in [5.74, 6) is 2.25. The number of ether oxygens (including phenoxy) is 2. The van der Waals surface area contributed by atoms with E-state index in [1.165, 1.54) is 5.56 Å². The van der Waals surface area contributed by atoms with Crippen molar-refractivity contribution < 1.29 is 14.6 Å². The Bertz CT molecular complexity index is 730. The highest BCUT2D eigenvalue weighted by Crippen LogP contribution is 2.29. The molecule has 0 amide bonds. The SMILES string of the molecule is CCNC(=NCCc1cccc(OC)c1O)NCCOc1ccc(C)cc1. The molecule has 0 aliphatic heterocycles. The smallest absolute Gasteiger partial charge is 0.191 e. The van der Waals surface area contributed by atoms with E-state index in [1.807, 2.05) is 43.3 Å². The summed E-state index contributed by atoms with van der Waals surface area (Å²) in [6.45, 7) is 6.59. The molecule has 0 saturated carbocycles. The monoisotopic (exact) mass is 371 g/mol. The fourth-order valence-corrected chi connectivity index (χ4v) is 2.54. The number of aromatic hydroxyl groups is 1. The Hall–Kier alpha value is -2.89. The minimum atomic E-state index is 0.180. The molecule has 2 rings (SSSR count). The summed E-state index contributed by atoms with van der Waals surface area (Å²) < 4.78 is 10.8. The summed E-state index contributed by atoms with van der Waals surface area (Å²) in [6.07, 6.45) is 0.624. The van der Waals surface area contributed by atoms with E-state index in [4.69, 9.17) is 9.47 Å². The van der Waals surface area contributed by atoms with Crippen LogP contribution in [0.25, 0.3) is 0 Å². The molecule has 0 fully saturated rings. The molecule has 0 unspecified atom stereocenters. The fraction of sp³-hybridized carbons (Fsp3) is 0.381. The van der Waals surface area contributed by atoms with Crippen molar-refractivity contribution in [1.29, 1.82) is 0 Å². The molecule has 2 aromatic carbocycles. The second-order valence-electron chi connectivity index (χ2n) is 6.07. The van der Waals surface area contributed by atoms with Crippen molar-refractivity contribution in [3.8, 4) is 17.2 Å². The Morgan fingerprint density at radius 2 is 1.89 bits per heavy atom. The number of rotatable bonds is 9. The zero-order valence-electron chi connectivity index (χ0n) is 16.3. The standard InChI is InChI=1S/C21H29N3O3/c1-4-22-21(24-14-15-27-18-10-8-16(2)9-11-18)23-13-12-17-6-5-7-19(26-3)20(17)25/h5-11,25H,4,12-15H2,1-3H3,(H2,22,23,24). The van der Waals surface area contributed by atoms with Crippen molar-refractivity contribution in [2.24, 2.45) is 4.99 Å². The van der Waals surface area contributed by atoms with Crippen molar-refractivity contribution in [3.63, 3.8) is 0 Å². The van der Waals surface area contributed by atoms with E-state index < -0.39 is 0 Å². The molecular weight excluding hydrogens is 342 g/mol. The average Bonchev–Trinajstić information content (AvgIpc) is 2.68. The third-order valence-corrected chi connectivity index (χ3v) is 3.98. The highest BCUT2D eigenvalue weighted by atomic mass is 16.5. The number of nitrogens with zero attached hydrogens (tertiary/aromatic N) is 1. The lowest BCUT2D eigenvalue weighted by Crippen LogP contribution is -2.39. The molecule has 3 N–H and O–H groups in total. The summed E-state index contributed by atoms with van der Waals surface area (Å²) in [4.78, 5) is 4.55. The summed E-state index contributed by atoms with van der Waals surface area (Å²) in [5, 5.41) is 16.6. The van der Waals surface area contributed by atoms with Gasteiger partial charge in [-0.2, -0.15) is 0 Å². The van der Waals surface area contributed by atoms with Gasteiger partial charge < -0.3 is 25.2 Å². The van der Waals surface area contributed by atoms with Gasteiger partial charge >= 0.3 is 0 Å². The highest BCUT2D eigenvalue weighted by molar-refractivity contribution is 5.79. The van der Waals surface area contributed by atoms with Gasteiger partial charge in [0.05, 0.1) is 13.7 Å². The normalized spacial score (nSPS) is 11.1. The topological polar surface area (TPSA) is 75.1 Å². The van der Waals surface area contributed by atoms with E-state index in [0.29, 0.717) is 31.9 Å². The Kier molecular flexibility index (Phi) is 8.29. The summed E-state index contributed by atoms with van der Waals surface area (Å²) in [7, 11) is 1.54. The van der Waals surface area contributed by atoms with Gasteiger partial charge in [-0.05, 0) is 44.0 Å². The Morgan fingerprint density at radius 3 is 2.59 bits per heavy atom. The maximum atomic E-state index is 10.1. The van der Waals surface area contributed by atoms with Gasteiger partial charge in [-0.3, -0.25) is 4.99 Å². The van der Waals surface area contributed by atoms with Crippen LogP contribution in [-0.2, 0) is 6.42 Å². The average molecular weight is 371 g/mol. The number of nitrogens with one attached hydrogen (secondary N) is 2. The Balaban J connectivity index is 1.80. The van der Waals surface area contributed by atoms with Crippen LogP contribution in [0.2, 0.25) is 0 Å². The number of benzene rings is 2.